The number of aryl methyl sites for hydroxylation is 2. The zero-order chi connectivity index (χ0) is 28.7. The van der Waals surface area contributed by atoms with Crippen LogP contribution in [0.3, 0.4) is 0 Å². The minimum atomic E-state index is -4.12. The molecule has 0 saturated heterocycles. The van der Waals surface area contributed by atoms with E-state index in [0.717, 1.165) is 15.4 Å². The molecule has 1 unspecified atom stereocenters. The molecule has 9 heteroatoms. The molecule has 208 valence electrons. The van der Waals surface area contributed by atoms with Gasteiger partial charge in [-0.15, -0.1) is 0 Å². The molecule has 0 fully saturated rings. The monoisotopic (exact) mass is 569 g/mol. The number of amides is 2. The standard InChI is InChI=1S/C30H36ClN3O4S/c1-21(2)18-32-30(36)24(5)33(19-25-12-10-9-11-22(25)3)29(35)20-34(28-16-15-26(31)17-23(28)4)39(37,38)27-13-7-6-8-14-27/h6-17,21,24H,18-20H2,1-5H3,(H,32,36). The largest absolute Gasteiger partial charge is 0.354 e. The van der Waals surface area contributed by atoms with Gasteiger partial charge >= 0.3 is 0 Å². The number of carbonyl (C=O) groups is 2. The number of nitrogens with zero attached hydrogens (tertiary/aromatic N) is 2. The average Bonchev–Trinajstić information content (AvgIpc) is 2.90. The first kappa shape index (κ1) is 30.2. The number of hydrogen-bond donors (Lipinski definition) is 1. The topological polar surface area (TPSA) is 86.8 Å². The smallest absolute Gasteiger partial charge is 0.264 e. The first-order chi connectivity index (χ1) is 18.4. The lowest BCUT2D eigenvalue weighted by Gasteiger charge is -2.33. The molecular weight excluding hydrogens is 534 g/mol. The van der Waals surface area contributed by atoms with E-state index in [1.54, 1.807) is 50.2 Å². The molecule has 0 aromatic heterocycles. The molecule has 0 bridgehead atoms. The van der Waals surface area contributed by atoms with Crippen LogP contribution in [0, 0.1) is 19.8 Å². The second-order valence-corrected chi connectivity index (χ2v) is 12.3. The molecule has 7 nitrogen and oxygen atoms in total. The Morgan fingerprint density at radius 2 is 1.54 bits per heavy atom. The Kier molecular flexibility index (Phi) is 10.2. The lowest BCUT2D eigenvalue weighted by molar-refractivity contribution is -0.139. The lowest BCUT2D eigenvalue weighted by atomic mass is 10.1. The van der Waals surface area contributed by atoms with Gasteiger partial charge in [0, 0.05) is 18.1 Å². The molecule has 0 aliphatic rings. The number of anilines is 1. The molecule has 2 amide bonds. The fraction of sp³-hybridized carbons (Fsp3) is 0.333. The summed E-state index contributed by atoms with van der Waals surface area (Å²) in [5, 5.41) is 3.35. The third-order valence-corrected chi connectivity index (χ3v) is 8.50. The van der Waals surface area contributed by atoms with Crippen molar-refractivity contribution in [3.8, 4) is 0 Å². The van der Waals surface area contributed by atoms with Crippen molar-refractivity contribution in [3.63, 3.8) is 0 Å². The van der Waals surface area contributed by atoms with E-state index in [4.69, 9.17) is 11.6 Å². The zero-order valence-electron chi connectivity index (χ0n) is 23.0. The predicted molar refractivity (Wildman–Crippen MR) is 156 cm³/mol. The highest BCUT2D eigenvalue weighted by Gasteiger charge is 2.33. The number of benzene rings is 3. The Hall–Kier alpha value is -3.36. The van der Waals surface area contributed by atoms with Gasteiger partial charge in [0.15, 0.2) is 0 Å². The van der Waals surface area contributed by atoms with Crippen LogP contribution in [0.15, 0.2) is 77.7 Å². The number of nitrogens with one attached hydrogen (secondary N) is 1. The molecule has 0 saturated carbocycles. The Morgan fingerprint density at radius 1 is 0.897 bits per heavy atom. The van der Waals surface area contributed by atoms with Gasteiger partial charge in [0.2, 0.25) is 11.8 Å². The number of sulfonamides is 1. The summed E-state index contributed by atoms with van der Waals surface area (Å²) in [5.74, 6) is -0.564. The van der Waals surface area contributed by atoms with E-state index in [0.29, 0.717) is 22.8 Å². The number of hydrogen-bond acceptors (Lipinski definition) is 4. The highest BCUT2D eigenvalue weighted by molar-refractivity contribution is 7.92. The van der Waals surface area contributed by atoms with Crippen LogP contribution in [0.5, 0.6) is 0 Å². The third-order valence-electron chi connectivity index (χ3n) is 6.49. The van der Waals surface area contributed by atoms with Gasteiger partial charge in [0.05, 0.1) is 10.6 Å². The molecule has 39 heavy (non-hydrogen) atoms. The van der Waals surface area contributed by atoms with E-state index < -0.39 is 28.5 Å². The summed E-state index contributed by atoms with van der Waals surface area (Å²) in [7, 11) is -4.12. The minimum absolute atomic E-state index is 0.0559. The summed E-state index contributed by atoms with van der Waals surface area (Å²) in [4.78, 5) is 28.6. The molecule has 3 rings (SSSR count). The maximum atomic E-state index is 14.0. The second kappa shape index (κ2) is 13.1. The predicted octanol–water partition coefficient (Wildman–Crippen LogP) is 5.34. The molecule has 0 heterocycles. The molecular formula is C30H36ClN3O4S. The van der Waals surface area contributed by atoms with E-state index in [-0.39, 0.29) is 23.3 Å². The quantitative estimate of drug-likeness (QED) is 0.338. The number of rotatable bonds is 11. The van der Waals surface area contributed by atoms with Crippen LogP contribution in [0.4, 0.5) is 5.69 Å². The van der Waals surface area contributed by atoms with Crippen molar-refractivity contribution in [2.75, 3.05) is 17.4 Å². The molecule has 3 aromatic rings. The van der Waals surface area contributed by atoms with E-state index in [2.05, 4.69) is 5.32 Å². The van der Waals surface area contributed by atoms with Crippen LogP contribution in [0.1, 0.15) is 37.5 Å². The molecule has 0 spiro atoms. The van der Waals surface area contributed by atoms with Gasteiger partial charge in [0.25, 0.3) is 10.0 Å². The number of halogens is 1. The molecule has 0 aliphatic carbocycles. The third kappa shape index (κ3) is 7.61. The van der Waals surface area contributed by atoms with Gasteiger partial charge in [0.1, 0.15) is 12.6 Å². The fourth-order valence-corrected chi connectivity index (χ4v) is 5.86. The van der Waals surface area contributed by atoms with Gasteiger partial charge in [-0.3, -0.25) is 13.9 Å². The van der Waals surface area contributed by atoms with E-state index in [1.807, 2.05) is 45.0 Å². The van der Waals surface area contributed by atoms with Crippen molar-refractivity contribution >= 4 is 39.1 Å². The van der Waals surface area contributed by atoms with Gasteiger partial charge in [-0.05, 0) is 73.7 Å². The van der Waals surface area contributed by atoms with Gasteiger partial charge in [-0.25, -0.2) is 8.42 Å². The van der Waals surface area contributed by atoms with Crippen molar-refractivity contribution in [2.24, 2.45) is 5.92 Å². The van der Waals surface area contributed by atoms with Crippen molar-refractivity contribution < 1.29 is 18.0 Å². The second-order valence-electron chi connectivity index (χ2n) is 10.0. The van der Waals surface area contributed by atoms with Gasteiger partial charge < -0.3 is 10.2 Å². The van der Waals surface area contributed by atoms with E-state index in [9.17, 15) is 18.0 Å². The van der Waals surface area contributed by atoms with Crippen LogP contribution in [0.25, 0.3) is 0 Å². The molecule has 1 N–H and O–H groups in total. The summed E-state index contributed by atoms with van der Waals surface area (Å²) in [6.45, 7) is 9.44. The maximum Gasteiger partial charge on any atom is 0.264 e. The summed E-state index contributed by atoms with van der Waals surface area (Å²) in [6, 6.07) is 19.6. The Labute approximate surface area is 236 Å². The van der Waals surface area contributed by atoms with E-state index >= 15 is 0 Å². The molecule has 0 radical (unpaired) electrons. The number of carbonyl (C=O) groups excluding carboxylic acids is 2. The summed E-state index contributed by atoms with van der Waals surface area (Å²) < 4.78 is 28.8. The highest BCUT2D eigenvalue weighted by Crippen LogP contribution is 2.29. The average molecular weight is 570 g/mol. The molecule has 0 aliphatic heterocycles. The highest BCUT2D eigenvalue weighted by atomic mass is 35.5. The first-order valence-electron chi connectivity index (χ1n) is 12.9. The SMILES string of the molecule is Cc1ccccc1CN(C(=O)CN(c1ccc(Cl)cc1C)S(=O)(=O)c1ccccc1)C(C)C(=O)NCC(C)C. The fourth-order valence-electron chi connectivity index (χ4n) is 4.14. The van der Waals surface area contributed by atoms with Crippen molar-refractivity contribution in [3.05, 3.63) is 94.5 Å². The first-order valence-corrected chi connectivity index (χ1v) is 14.7. The van der Waals surface area contributed by atoms with Crippen LogP contribution < -0.4 is 9.62 Å². The van der Waals surface area contributed by atoms with Gasteiger partial charge in [-0.2, -0.15) is 0 Å². The van der Waals surface area contributed by atoms with Crippen LogP contribution in [0.2, 0.25) is 5.02 Å². The maximum absolute atomic E-state index is 14.0. The van der Waals surface area contributed by atoms with Crippen molar-refractivity contribution in [2.45, 2.75) is 52.1 Å². The summed E-state index contributed by atoms with van der Waals surface area (Å²) in [5.41, 5.74) is 2.77. The summed E-state index contributed by atoms with van der Waals surface area (Å²) in [6.07, 6.45) is 0. The van der Waals surface area contributed by atoms with Gasteiger partial charge in [-0.1, -0.05) is 67.9 Å². The van der Waals surface area contributed by atoms with Crippen LogP contribution in [-0.2, 0) is 26.2 Å². The minimum Gasteiger partial charge on any atom is -0.354 e. The Balaban J connectivity index is 2.04. The van der Waals surface area contributed by atoms with Crippen LogP contribution >= 0.6 is 11.6 Å². The molecule has 3 aromatic carbocycles. The summed E-state index contributed by atoms with van der Waals surface area (Å²) >= 11 is 6.15. The Morgan fingerprint density at radius 3 is 2.15 bits per heavy atom. The normalized spacial score (nSPS) is 12.2. The van der Waals surface area contributed by atoms with Crippen LogP contribution in [-0.4, -0.2) is 44.3 Å². The molecule has 1 atom stereocenters. The van der Waals surface area contributed by atoms with E-state index in [1.165, 1.54) is 17.0 Å². The van der Waals surface area contributed by atoms with Crippen molar-refractivity contribution in [1.82, 2.24) is 10.2 Å². The zero-order valence-corrected chi connectivity index (χ0v) is 24.6. The van der Waals surface area contributed by atoms with Crippen molar-refractivity contribution in [1.29, 1.82) is 0 Å². The Bertz CT molecular complexity index is 1410. The lowest BCUT2D eigenvalue weighted by Crippen LogP contribution is -2.51.